The number of nitrogens with one attached hydrogen (secondary N) is 1. The fraction of sp³-hybridized carbons (Fsp3) is 0.167. The van der Waals surface area contributed by atoms with E-state index >= 15 is 0 Å². The van der Waals surface area contributed by atoms with Gasteiger partial charge in [0, 0.05) is 17.5 Å². The lowest BCUT2D eigenvalue weighted by Crippen LogP contribution is -2.07. The number of carboxylic acid groups (broad SMARTS) is 1. The van der Waals surface area contributed by atoms with Crippen molar-refractivity contribution in [3.63, 3.8) is 0 Å². The van der Waals surface area contributed by atoms with Crippen LogP contribution < -0.4 is 0 Å². The number of benzene rings is 1. The molecule has 0 saturated carbocycles. The molecule has 0 bridgehead atoms. The molecular formula is C18H16N2O3. The van der Waals surface area contributed by atoms with Gasteiger partial charge in [-0.25, -0.2) is 9.78 Å². The molecule has 2 aromatic heterocycles. The number of carbonyl (C=O) groups is 2. The van der Waals surface area contributed by atoms with Crippen LogP contribution in [0.3, 0.4) is 0 Å². The summed E-state index contributed by atoms with van der Waals surface area (Å²) in [6.45, 7) is 3.69. The second-order valence-electron chi connectivity index (χ2n) is 5.71. The molecule has 0 radical (unpaired) electrons. The summed E-state index contributed by atoms with van der Waals surface area (Å²) in [5, 5.41) is 9.95. The minimum absolute atomic E-state index is 0.0215. The molecule has 3 rings (SSSR count). The highest BCUT2D eigenvalue weighted by Gasteiger charge is 2.16. The summed E-state index contributed by atoms with van der Waals surface area (Å²) in [6.07, 6.45) is 1.64. The van der Waals surface area contributed by atoms with Gasteiger partial charge in [0.2, 0.25) is 0 Å². The Kier molecular flexibility index (Phi) is 3.70. The van der Waals surface area contributed by atoms with E-state index in [0.717, 1.165) is 16.5 Å². The van der Waals surface area contributed by atoms with Crippen molar-refractivity contribution < 1.29 is 14.7 Å². The maximum Gasteiger partial charge on any atom is 0.335 e. The van der Waals surface area contributed by atoms with Gasteiger partial charge < -0.3 is 10.1 Å². The van der Waals surface area contributed by atoms with Crippen LogP contribution in [0.25, 0.3) is 22.2 Å². The molecule has 0 aliphatic carbocycles. The van der Waals surface area contributed by atoms with E-state index in [1.165, 1.54) is 0 Å². The number of carbonyl (C=O) groups excluding carboxylic acids is 1. The molecule has 0 amide bonds. The van der Waals surface area contributed by atoms with Crippen molar-refractivity contribution in [3.05, 3.63) is 53.9 Å². The third kappa shape index (κ3) is 2.73. The predicted molar refractivity (Wildman–Crippen MR) is 87.7 cm³/mol. The molecule has 2 N–H and O–H groups in total. The summed E-state index contributed by atoms with van der Waals surface area (Å²) < 4.78 is 0. The topological polar surface area (TPSA) is 83.1 Å². The molecule has 23 heavy (non-hydrogen) atoms. The Morgan fingerprint density at radius 3 is 2.65 bits per heavy atom. The summed E-state index contributed by atoms with van der Waals surface area (Å²) in [6, 6.07) is 10.3. The lowest BCUT2D eigenvalue weighted by molar-refractivity contribution is 0.0696. The number of Topliss-reactive ketones (excluding diaryl/α,β-unsaturated/α-hetero) is 1. The monoisotopic (exact) mass is 308 g/mol. The standard InChI is InChI=1S/C18H16N2O3/c1-10(2)16(21)15-9-14-13(6-7-19-17(14)20-15)11-4-3-5-12(8-11)18(22)23/h3-10H,1-2H3,(H,19,20)(H,22,23). The summed E-state index contributed by atoms with van der Waals surface area (Å²) in [7, 11) is 0. The molecule has 0 aliphatic heterocycles. The van der Waals surface area contributed by atoms with E-state index in [2.05, 4.69) is 9.97 Å². The highest BCUT2D eigenvalue weighted by atomic mass is 16.4. The normalized spacial score (nSPS) is 11.1. The lowest BCUT2D eigenvalue weighted by Gasteiger charge is -2.04. The van der Waals surface area contributed by atoms with E-state index in [1.54, 1.807) is 30.5 Å². The van der Waals surface area contributed by atoms with Gasteiger partial charge in [0.15, 0.2) is 5.78 Å². The first-order valence-corrected chi connectivity index (χ1v) is 7.33. The number of H-pyrrole nitrogens is 1. The van der Waals surface area contributed by atoms with Gasteiger partial charge in [0.05, 0.1) is 11.3 Å². The number of carboxylic acids is 1. The molecule has 0 unspecified atom stereocenters. The molecule has 2 heterocycles. The van der Waals surface area contributed by atoms with Crippen LogP contribution in [0.4, 0.5) is 0 Å². The molecule has 5 heteroatoms. The van der Waals surface area contributed by atoms with Crippen LogP contribution in [0.5, 0.6) is 0 Å². The van der Waals surface area contributed by atoms with Crippen LogP contribution in [0, 0.1) is 5.92 Å². The number of pyridine rings is 1. The van der Waals surface area contributed by atoms with Gasteiger partial charge in [-0.1, -0.05) is 26.0 Å². The van der Waals surface area contributed by atoms with Crippen LogP contribution in [-0.4, -0.2) is 26.8 Å². The van der Waals surface area contributed by atoms with Crippen molar-refractivity contribution >= 4 is 22.8 Å². The van der Waals surface area contributed by atoms with Crippen molar-refractivity contribution in [1.82, 2.24) is 9.97 Å². The largest absolute Gasteiger partial charge is 0.478 e. The quantitative estimate of drug-likeness (QED) is 0.719. The lowest BCUT2D eigenvalue weighted by atomic mass is 10.0. The SMILES string of the molecule is CC(C)C(=O)c1cc2c(-c3cccc(C(=O)O)c3)ccnc2[nH]1. The smallest absolute Gasteiger partial charge is 0.335 e. The highest BCUT2D eigenvalue weighted by molar-refractivity contribution is 6.03. The zero-order valence-corrected chi connectivity index (χ0v) is 12.8. The summed E-state index contributed by atoms with van der Waals surface area (Å²) in [5.41, 5.74) is 2.98. The van der Waals surface area contributed by atoms with Crippen molar-refractivity contribution in [3.8, 4) is 11.1 Å². The number of hydrogen-bond donors (Lipinski definition) is 2. The number of aromatic amines is 1. The Morgan fingerprint density at radius 1 is 1.17 bits per heavy atom. The Morgan fingerprint density at radius 2 is 1.96 bits per heavy atom. The Hall–Kier alpha value is -2.95. The highest BCUT2D eigenvalue weighted by Crippen LogP contribution is 2.29. The molecule has 1 aromatic carbocycles. The molecule has 116 valence electrons. The predicted octanol–water partition coefficient (Wildman–Crippen LogP) is 3.77. The van der Waals surface area contributed by atoms with Crippen LogP contribution >= 0.6 is 0 Å². The number of ketones is 1. The van der Waals surface area contributed by atoms with Gasteiger partial charge >= 0.3 is 5.97 Å². The Bertz CT molecular complexity index is 910. The number of nitrogens with zero attached hydrogens (tertiary/aromatic N) is 1. The van der Waals surface area contributed by atoms with Gasteiger partial charge in [0.25, 0.3) is 0 Å². The molecule has 5 nitrogen and oxygen atoms in total. The Balaban J connectivity index is 2.17. The fourth-order valence-corrected chi connectivity index (χ4v) is 2.54. The second-order valence-corrected chi connectivity index (χ2v) is 5.71. The maximum atomic E-state index is 12.2. The van der Waals surface area contributed by atoms with Crippen LogP contribution in [-0.2, 0) is 0 Å². The first-order valence-electron chi connectivity index (χ1n) is 7.33. The summed E-state index contributed by atoms with van der Waals surface area (Å²) in [5.74, 6) is -1.06. The summed E-state index contributed by atoms with van der Waals surface area (Å²) in [4.78, 5) is 30.6. The minimum atomic E-state index is -0.970. The first kappa shape index (κ1) is 15.0. The summed E-state index contributed by atoms with van der Waals surface area (Å²) >= 11 is 0. The van der Waals surface area contributed by atoms with E-state index in [9.17, 15) is 9.59 Å². The van der Waals surface area contributed by atoms with Crippen molar-refractivity contribution in [2.75, 3.05) is 0 Å². The number of aromatic nitrogens is 2. The van der Waals surface area contributed by atoms with Gasteiger partial charge in [-0.15, -0.1) is 0 Å². The van der Waals surface area contributed by atoms with Crippen molar-refractivity contribution in [1.29, 1.82) is 0 Å². The fourth-order valence-electron chi connectivity index (χ4n) is 2.54. The van der Waals surface area contributed by atoms with Crippen LogP contribution in [0.2, 0.25) is 0 Å². The number of fused-ring (bicyclic) bond motifs is 1. The second kappa shape index (κ2) is 5.68. The van der Waals surface area contributed by atoms with Crippen LogP contribution in [0.15, 0.2) is 42.6 Å². The van der Waals surface area contributed by atoms with E-state index in [-0.39, 0.29) is 17.3 Å². The zero-order valence-electron chi connectivity index (χ0n) is 12.8. The van der Waals surface area contributed by atoms with Gasteiger partial charge in [-0.05, 0) is 35.4 Å². The molecule has 3 aromatic rings. The van der Waals surface area contributed by atoms with Gasteiger partial charge in [-0.2, -0.15) is 0 Å². The first-order chi connectivity index (χ1) is 11.0. The van der Waals surface area contributed by atoms with Gasteiger partial charge in [-0.3, -0.25) is 4.79 Å². The molecule has 0 atom stereocenters. The zero-order chi connectivity index (χ0) is 16.6. The molecule has 0 aliphatic rings. The average molecular weight is 308 g/mol. The number of rotatable bonds is 4. The maximum absolute atomic E-state index is 12.2. The third-order valence-electron chi connectivity index (χ3n) is 3.74. The van der Waals surface area contributed by atoms with Crippen molar-refractivity contribution in [2.45, 2.75) is 13.8 Å². The molecule has 0 fully saturated rings. The van der Waals surface area contributed by atoms with E-state index in [0.29, 0.717) is 11.3 Å². The number of aromatic carboxylic acids is 1. The number of hydrogen-bond acceptors (Lipinski definition) is 3. The third-order valence-corrected chi connectivity index (χ3v) is 3.74. The van der Waals surface area contributed by atoms with Crippen LogP contribution in [0.1, 0.15) is 34.7 Å². The van der Waals surface area contributed by atoms with E-state index < -0.39 is 5.97 Å². The van der Waals surface area contributed by atoms with Crippen molar-refractivity contribution in [2.24, 2.45) is 5.92 Å². The molecule has 0 saturated heterocycles. The van der Waals surface area contributed by atoms with Gasteiger partial charge in [0.1, 0.15) is 5.65 Å². The van der Waals surface area contributed by atoms with E-state index in [4.69, 9.17) is 5.11 Å². The average Bonchev–Trinajstić information content (AvgIpc) is 2.97. The molecule has 0 spiro atoms. The van der Waals surface area contributed by atoms with E-state index in [1.807, 2.05) is 26.0 Å². The molecular weight excluding hydrogens is 292 g/mol. The minimum Gasteiger partial charge on any atom is -0.478 e. The Labute approximate surface area is 133 Å².